The highest BCUT2D eigenvalue weighted by molar-refractivity contribution is 6.02. The van der Waals surface area contributed by atoms with Gasteiger partial charge in [0.15, 0.2) is 0 Å². The molecule has 5 N–H and O–H groups in total. The Bertz CT molecular complexity index is 1010. The lowest BCUT2D eigenvalue weighted by Crippen LogP contribution is -2.60. The summed E-state index contributed by atoms with van der Waals surface area (Å²) in [4.78, 5) is 35.8. The average Bonchev–Trinajstić information content (AvgIpc) is 2.77. The van der Waals surface area contributed by atoms with Crippen molar-refractivity contribution in [3.63, 3.8) is 0 Å². The molecule has 8 nitrogen and oxygen atoms in total. The second kappa shape index (κ2) is 11.7. The molecule has 0 saturated carbocycles. The van der Waals surface area contributed by atoms with Crippen LogP contribution in [0.15, 0.2) is 42.5 Å². The van der Waals surface area contributed by atoms with Gasteiger partial charge < -0.3 is 21.1 Å². The monoisotopic (exact) mass is 474 g/mol. The molecule has 0 aliphatic carbocycles. The third kappa shape index (κ3) is 7.32. The SMILES string of the molecule is CCc1cccc(CNCC(O)C(Cc2cc(F)cc(F)c2)NC(=O)C2CC(=O)NC(=O)N2)c1. The van der Waals surface area contributed by atoms with Gasteiger partial charge in [0.1, 0.15) is 17.7 Å². The highest BCUT2D eigenvalue weighted by Crippen LogP contribution is 2.13. The number of urea groups is 1. The average molecular weight is 475 g/mol. The third-order valence-corrected chi connectivity index (χ3v) is 5.52. The fourth-order valence-electron chi connectivity index (χ4n) is 3.78. The van der Waals surface area contributed by atoms with E-state index in [1.165, 1.54) is 5.56 Å². The number of carbonyl (C=O) groups excluding carboxylic acids is 3. The molecule has 182 valence electrons. The fraction of sp³-hybridized carbons (Fsp3) is 0.375. The van der Waals surface area contributed by atoms with Crippen LogP contribution in [0.3, 0.4) is 0 Å². The predicted octanol–water partition coefficient (Wildman–Crippen LogP) is 1.30. The van der Waals surface area contributed by atoms with Crippen LogP contribution in [-0.2, 0) is 29.0 Å². The molecule has 3 atom stereocenters. The van der Waals surface area contributed by atoms with Crippen molar-refractivity contribution in [3.8, 4) is 0 Å². The quantitative estimate of drug-likeness (QED) is 0.356. The topological polar surface area (TPSA) is 120 Å². The van der Waals surface area contributed by atoms with Gasteiger partial charge in [0.05, 0.1) is 18.6 Å². The molecule has 1 fully saturated rings. The van der Waals surface area contributed by atoms with Crippen LogP contribution >= 0.6 is 0 Å². The Kier molecular flexibility index (Phi) is 8.67. The molecule has 1 saturated heterocycles. The van der Waals surface area contributed by atoms with Crippen molar-refractivity contribution >= 4 is 17.8 Å². The zero-order valence-electron chi connectivity index (χ0n) is 18.7. The van der Waals surface area contributed by atoms with Crippen LogP contribution in [0.2, 0.25) is 0 Å². The van der Waals surface area contributed by atoms with Crippen LogP contribution in [0.5, 0.6) is 0 Å². The Morgan fingerprint density at radius 1 is 1.12 bits per heavy atom. The van der Waals surface area contributed by atoms with Crippen LogP contribution in [0, 0.1) is 11.6 Å². The number of aliphatic hydroxyl groups is 1. The number of amides is 4. The first kappa shape index (κ1) is 25.3. The van der Waals surface area contributed by atoms with E-state index in [4.69, 9.17) is 0 Å². The van der Waals surface area contributed by atoms with E-state index in [1.807, 2.05) is 29.6 Å². The lowest BCUT2D eigenvalue weighted by atomic mass is 9.99. The van der Waals surface area contributed by atoms with Gasteiger partial charge in [-0.15, -0.1) is 0 Å². The summed E-state index contributed by atoms with van der Waals surface area (Å²) in [7, 11) is 0. The van der Waals surface area contributed by atoms with Crippen molar-refractivity contribution in [1.82, 2.24) is 21.3 Å². The number of carbonyl (C=O) groups is 3. The third-order valence-electron chi connectivity index (χ3n) is 5.52. The molecule has 34 heavy (non-hydrogen) atoms. The first-order chi connectivity index (χ1) is 16.2. The number of imide groups is 1. The molecule has 1 aliphatic heterocycles. The van der Waals surface area contributed by atoms with Crippen LogP contribution in [0.25, 0.3) is 0 Å². The normalized spacial score (nSPS) is 17.5. The maximum absolute atomic E-state index is 13.7. The summed E-state index contributed by atoms with van der Waals surface area (Å²) in [5.74, 6) is -2.84. The second-order valence-corrected chi connectivity index (χ2v) is 8.25. The van der Waals surface area contributed by atoms with Crippen molar-refractivity contribution in [1.29, 1.82) is 0 Å². The standard InChI is InChI=1S/C24H28F2N4O4/c1-2-14-4-3-5-15(6-14)12-27-13-21(31)19(9-16-7-17(25)10-18(26)8-16)28-23(33)20-11-22(32)30-24(34)29-20/h3-8,10,19-21,27,31H,2,9,11-13H2,1H3,(H,28,33)(H2,29,30,32,34). The van der Waals surface area contributed by atoms with Gasteiger partial charge in [-0.05, 0) is 41.7 Å². The Labute approximate surface area is 196 Å². The van der Waals surface area contributed by atoms with Crippen LogP contribution in [0.1, 0.15) is 30.0 Å². The molecule has 10 heteroatoms. The Morgan fingerprint density at radius 2 is 1.82 bits per heavy atom. The van der Waals surface area contributed by atoms with E-state index < -0.39 is 47.7 Å². The summed E-state index contributed by atoms with van der Waals surface area (Å²) in [5, 5.41) is 20.9. The molecule has 2 aromatic rings. The Morgan fingerprint density at radius 3 is 2.50 bits per heavy atom. The minimum atomic E-state index is -1.13. The molecule has 1 heterocycles. The molecule has 2 aromatic carbocycles. The molecule has 0 bridgehead atoms. The van der Waals surface area contributed by atoms with Crippen molar-refractivity contribution < 1.29 is 28.3 Å². The highest BCUT2D eigenvalue weighted by atomic mass is 19.1. The van der Waals surface area contributed by atoms with Crippen molar-refractivity contribution in [2.24, 2.45) is 0 Å². The number of hydrogen-bond donors (Lipinski definition) is 5. The summed E-state index contributed by atoms with van der Waals surface area (Å²) in [6, 6.07) is 8.08. The summed E-state index contributed by atoms with van der Waals surface area (Å²) < 4.78 is 27.4. The number of rotatable bonds is 10. The van der Waals surface area contributed by atoms with E-state index in [1.54, 1.807) is 0 Å². The number of aryl methyl sites for hydroxylation is 1. The summed E-state index contributed by atoms with van der Waals surface area (Å²) >= 11 is 0. The van der Waals surface area contributed by atoms with Crippen molar-refractivity contribution in [2.75, 3.05) is 6.54 Å². The second-order valence-electron chi connectivity index (χ2n) is 8.25. The van der Waals surface area contributed by atoms with Gasteiger partial charge in [0.25, 0.3) is 0 Å². The maximum atomic E-state index is 13.7. The van der Waals surface area contributed by atoms with E-state index in [-0.39, 0.29) is 24.9 Å². The first-order valence-corrected chi connectivity index (χ1v) is 11.1. The van der Waals surface area contributed by atoms with E-state index in [2.05, 4.69) is 22.9 Å². The molecule has 0 radical (unpaired) electrons. The Balaban J connectivity index is 1.68. The van der Waals surface area contributed by atoms with Crippen LogP contribution in [0.4, 0.5) is 13.6 Å². The smallest absolute Gasteiger partial charge is 0.322 e. The molecule has 1 aliphatic rings. The molecule has 4 amide bonds. The molecular formula is C24H28F2N4O4. The van der Waals surface area contributed by atoms with Gasteiger partial charge in [-0.2, -0.15) is 0 Å². The lowest BCUT2D eigenvalue weighted by Gasteiger charge is -2.28. The fourth-order valence-corrected chi connectivity index (χ4v) is 3.78. The summed E-state index contributed by atoms with van der Waals surface area (Å²) in [6.07, 6.45) is -0.565. The summed E-state index contributed by atoms with van der Waals surface area (Å²) in [6.45, 7) is 2.60. The van der Waals surface area contributed by atoms with E-state index in [0.717, 1.165) is 30.2 Å². The van der Waals surface area contributed by atoms with Gasteiger partial charge in [0, 0.05) is 19.2 Å². The minimum Gasteiger partial charge on any atom is -0.390 e. The number of hydrogen-bond acceptors (Lipinski definition) is 5. The van der Waals surface area contributed by atoms with Gasteiger partial charge in [-0.25, -0.2) is 13.6 Å². The zero-order chi connectivity index (χ0) is 24.7. The molecular weight excluding hydrogens is 446 g/mol. The number of nitrogens with one attached hydrogen (secondary N) is 4. The molecule has 0 aromatic heterocycles. The largest absolute Gasteiger partial charge is 0.390 e. The lowest BCUT2D eigenvalue weighted by molar-refractivity contribution is -0.129. The van der Waals surface area contributed by atoms with Gasteiger partial charge in [-0.3, -0.25) is 14.9 Å². The van der Waals surface area contributed by atoms with E-state index in [0.29, 0.717) is 6.54 Å². The minimum absolute atomic E-state index is 0.0680. The number of benzene rings is 2. The van der Waals surface area contributed by atoms with Gasteiger partial charge in [-0.1, -0.05) is 31.2 Å². The zero-order valence-corrected chi connectivity index (χ0v) is 18.7. The van der Waals surface area contributed by atoms with E-state index >= 15 is 0 Å². The molecule has 0 spiro atoms. The van der Waals surface area contributed by atoms with Crippen molar-refractivity contribution in [2.45, 2.75) is 50.9 Å². The van der Waals surface area contributed by atoms with Crippen LogP contribution in [-0.4, -0.2) is 47.7 Å². The molecule has 3 rings (SSSR count). The number of halogens is 2. The van der Waals surface area contributed by atoms with Gasteiger partial charge in [0.2, 0.25) is 11.8 Å². The highest BCUT2D eigenvalue weighted by Gasteiger charge is 2.32. The molecule has 3 unspecified atom stereocenters. The maximum Gasteiger partial charge on any atom is 0.322 e. The van der Waals surface area contributed by atoms with Gasteiger partial charge >= 0.3 is 6.03 Å². The summed E-state index contributed by atoms with van der Waals surface area (Å²) in [5.41, 5.74) is 2.44. The number of aliphatic hydroxyl groups excluding tert-OH is 1. The van der Waals surface area contributed by atoms with E-state index in [9.17, 15) is 28.3 Å². The van der Waals surface area contributed by atoms with Crippen molar-refractivity contribution in [3.05, 3.63) is 70.8 Å². The Hall–Kier alpha value is -3.37. The predicted molar refractivity (Wildman–Crippen MR) is 121 cm³/mol. The van der Waals surface area contributed by atoms with Crippen LogP contribution < -0.4 is 21.3 Å². The first-order valence-electron chi connectivity index (χ1n) is 11.1.